The third-order valence-electron chi connectivity index (χ3n) is 2.61. The van der Waals surface area contributed by atoms with Crippen molar-refractivity contribution in [3.05, 3.63) is 53.6 Å². The van der Waals surface area contributed by atoms with Crippen LogP contribution in [0.15, 0.2) is 42.5 Å². The van der Waals surface area contributed by atoms with Gasteiger partial charge in [0.05, 0.1) is 0 Å². The maximum Gasteiger partial charge on any atom is 0.150 e. The minimum absolute atomic E-state index is 0.532. The van der Waals surface area contributed by atoms with E-state index in [9.17, 15) is 9.59 Å². The molecule has 0 saturated heterocycles. The van der Waals surface area contributed by atoms with E-state index in [1.54, 1.807) is 18.2 Å². The van der Waals surface area contributed by atoms with Crippen LogP contribution in [0.2, 0.25) is 0 Å². The molecule has 0 aliphatic rings. The van der Waals surface area contributed by atoms with E-state index in [-0.39, 0.29) is 0 Å². The van der Waals surface area contributed by atoms with E-state index in [4.69, 9.17) is 0 Å². The van der Waals surface area contributed by atoms with E-state index >= 15 is 0 Å². The average molecular weight is 242 g/mol. The molecule has 0 amide bonds. The van der Waals surface area contributed by atoms with Gasteiger partial charge in [-0.25, -0.2) is 0 Å². The van der Waals surface area contributed by atoms with Gasteiger partial charge < -0.3 is 0 Å². The van der Waals surface area contributed by atoms with Gasteiger partial charge in [0.25, 0.3) is 0 Å². The van der Waals surface area contributed by atoms with Gasteiger partial charge in [-0.05, 0) is 10.9 Å². The fourth-order valence-electron chi connectivity index (χ4n) is 1.82. The summed E-state index contributed by atoms with van der Waals surface area (Å²) in [5, 5.41) is 0.963. The Bertz CT molecular complexity index is 550. The second-order valence-corrected chi connectivity index (χ2v) is 4.26. The molecule has 1 atom stereocenters. The van der Waals surface area contributed by atoms with Gasteiger partial charge in [0.15, 0.2) is 12.6 Å². The zero-order valence-corrected chi connectivity index (χ0v) is 10.2. The lowest BCUT2D eigenvalue weighted by molar-refractivity contribution is 0.112. The van der Waals surface area contributed by atoms with E-state index < -0.39 is 0 Å². The molecule has 0 aromatic heterocycles. The molecule has 2 aromatic carbocycles. The largest absolute Gasteiger partial charge is 0.298 e. The summed E-state index contributed by atoms with van der Waals surface area (Å²) in [6.07, 6.45) is 1.55. The number of rotatable bonds is 3. The summed E-state index contributed by atoms with van der Waals surface area (Å²) in [6.45, 7) is 0. The van der Waals surface area contributed by atoms with Crippen LogP contribution in [0.5, 0.6) is 0 Å². The molecule has 2 aromatic rings. The SMILES string of the molecule is O=Cc1cccc(C=O)c1-c1ccccc1P. The maximum atomic E-state index is 11.1. The molecule has 2 rings (SSSR count). The Kier molecular flexibility index (Phi) is 3.46. The van der Waals surface area contributed by atoms with Gasteiger partial charge in [-0.2, -0.15) is 0 Å². The molecule has 0 saturated carbocycles. The average Bonchev–Trinajstić information content (AvgIpc) is 2.38. The summed E-state index contributed by atoms with van der Waals surface area (Å²) < 4.78 is 0. The molecule has 17 heavy (non-hydrogen) atoms. The van der Waals surface area contributed by atoms with E-state index in [1.165, 1.54) is 0 Å². The van der Waals surface area contributed by atoms with Gasteiger partial charge >= 0.3 is 0 Å². The van der Waals surface area contributed by atoms with E-state index in [2.05, 4.69) is 9.24 Å². The zero-order valence-electron chi connectivity index (χ0n) is 9.09. The fourth-order valence-corrected chi connectivity index (χ4v) is 2.17. The minimum atomic E-state index is 0.532. The van der Waals surface area contributed by atoms with Crippen molar-refractivity contribution in [2.24, 2.45) is 0 Å². The van der Waals surface area contributed by atoms with Gasteiger partial charge in [0.2, 0.25) is 0 Å². The lowest BCUT2D eigenvalue weighted by Gasteiger charge is -2.10. The first-order valence-electron chi connectivity index (χ1n) is 5.16. The number of hydrogen-bond donors (Lipinski definition) is 0. The Morgan fingerprint density at radius 1 is 0.824 bits per heavy atom. The molecule has 3 heteroatoms. The summed E-state index contributed by atoms with van der Waals surface area (Å²) >= 11 is 0. The number of carbonyl (C=O) groups excluding carboxylic acids is 2. The molecule has 0 aliphatic carbocycles. The Hall–Kier alpha value is -1.79. The molecule has 0 N–H and O–H groups in total. The normalized spacial score (nSPS) is 9.94. The van der Waals surface area contributed by atoms with Crippen molar-refractivity contribution in [1.82, 2.24) is 0 Å². The summed E-state index contributed by atoms with van der Waals surface area (Å²) in [7, 11) is 2.61. The Morgan fingerprint density at radius 3 is 1.94 bits per heavy atom. The summed E-state index contributed by atoms with van der Waals surface area (Å²) in [4.78, 5) is 22.1. The third-order valence-corrected chi connectivity index (χ3v) is 3.12. The van der Waals surface area contributed by atoms with Crippen LogP contribution < -0.4 is 5.30 Å². The topological polar surface area (TPSA) is 34.1 Å². The van der Waals surface area contributed by atoms with E-state index in [0.717, 1.165) is 23.4 Å². The Morgan fingerprint density at radius 2 is 1.41 bits per heavy atom. The van der Waals surface area contributed by atoms with Gasteiger partial charge in [0.1, 0.15) is 0 Å². The Labute approximate surface area is 102 Å². The molecule has 0 fully saturated rings. The molecular formula is C14H11O2P. The van der Waals surface area contributed by atoms with Crippen LogP contribution in [0.4, 0.5) is 0 Å². The zero-order chi connectivity index (χ0) is 12.3. The third kappa shape index (κ3) is 2.17. The van der Waals surface area contributed by atoms with Crippen molar-refractivity contribution in [2.45, 2.75) is 0 Å². The van der Waals surface area contributed by atoms with E-state index in [1.807, 2.05) is 24.3 Å². The minimum Gasteiger partial charge on any atom is -0.298 e. The lowest BCUT2D eigenvalue weighted by atomic mass is 9.95. The van der Waals surface area contributed by atoms with Crippen LogP contribution in [-0.4, -0.2) is 12.6 Å². The summed E-state index contributed by atoms with van der Waals surface area (Å²) in [6, 6.07) is 12.8. The highest BCUT2D eigenvalue weighted by molar-refractivity contribution is 7.28. The first-order valence-corrected chi connectivity index (χ1v) is 5.74. The van der Waals surface area contributed by atoms with Crippen molar-refractivity contribution < 1.29 is 9.59 Å². The second-order valence-electron chi connectivity index (χ2n) is 3.63. The highest BCUT2D eigenvalue weighted by atomic mass is 31.0. The standard InChI is InChI=1S/C14H11O2P/c15-8-10-4-3-5-11(9-16)14(10)12-6-1-2-7-13(12)17/h1-9H,17H2. The van der Waals surface area contributed by atoms with Crippen molar-refractivity contribution in [3.8, 4) is 11.1 Å². The molecular weight excluding hydrogens is 231 g/mol. The number of carbonyl (C=O) groups is 2. The van der Waals surface area contributed by atoms with Crippen LogP contribution >= 0.6 is 9.24 Å². The van der Waals surface area contributed by atoms with E-state index in [0.29, 0.717) is 16.7 Å². The highest BCUT2D eigenvalue weighted by Gasteiger charge is 2.11. The van der Waals surface area contributed by atoms with Crippen LogP contribution in [0.25, 0.3) is 11.1 Å². The second kappa shape index (κ2) is 5.03. The first-order chi connectivity index (χ1) is 8.27. The van der Waals surface area contributed by atoms with Crippen molar-refractivity contribution in [3.63, 3.8) is 0 Å². The van der Waals surface area contributed by atoms with Gasteiger partial charge in [0, 0.05) is 16.7 Å². The van der Waals surface area contributed by atoms with Crippen LogP contribution in [-0.2, 0) is 0 Å². The molecule has 0 aliphatic heterocycles. The first kappa shape index (κ1) is 11.7. The van der Waals surface area contributed by atoms with Crippen molar-refractivity contribution in [1.29, 1.82) is 0 Å². The molecule has 0 spiro atoms. The number of hydrogen-bond acceptors (Lipinski definition) is 2. The quantitative estimate of drug-likeness (QED) is 0.612. The highest BCUT2D eigenvalue weighted by Crippen LogP contribution is 2.25. The fraction of sp³-hybridized carbons (Fsp3) is 0. The molecule has 1 unspecified atom stereocenters. The van der Waals surface area contributed by atoms with Gasteiger partial charge in [-0.1, -0.05) is 42.5 Å². The molecule has 0 bridgehead atoms. The smallest absolute Gasteiger partial charge is 0.150 e. The predicted octanol–water partition coefficient (Wildman–Crippen LogP) is 2.48. The Balaban J connectivity index is 2.77. The van der Waals surface area contributed by atoms with Crippen LogP contribution in [0.3, 0.4) is 0 Å². The summed E-state index contributed by atoms with van der Waals surface area (Å²) in [5.41, 5.74) is 2.65. The molecule has 84 valence electrons. The molecule has 2 nitrogen and oxygen atoms in total. The van der Waals surface area contributed by atoms with Gasteiger partial charge in [-0.15, -0.1) is 9.24 Å². The number of benzene rings is 2. The van der Waals surface area contributed by atoms with Crippen molar-refractivity contribution in [2.75, 3.05) is 0 Å². The molecule has 0 radical (unpaired) electrons. The summed E-state index contributed by atoms with van der Waals surface area (Å²) in [5.74, 6) is 0. The molecule has 0 heterocycles. The predicted molar refractivity (Wildman–Crippen MR) is 72.0 cm³/mol. The van der Waals surface area contributed by atoms with Crippen molar-refractivity contribution >= 4 is 27.1 Å². The van der Waals surface area contributed by atoms with Crippen LogP contribution in [0, 0.1) is 0 Å². The number of aldehydes is 2. The van der Waals surface area contributed by atoms with Gasteiger partial charge in [-0.3, -0.25) is 9.59 Å². The van der Waals surface area contributed by atoms with Crippen LogP contribution in [0.1, 0.15) is 20.7 Å². The maximum absolute atomic E-state index is 11.1. The monoisotopic (exact) mass is 242 g/mol. The lowest BCUT2D eigenvalue weighted by Crippen LogP contribution is -2.01.